The van der Waals surface area contributed by atoms with Gasteiger partial charge in [-0.3, -0.25) is 4.79 Å². The van der Waals surface area contributed by atoms with E-state index in [1.165, 1.54) is 5.56 Å². The molecule has 1 aromatic rings. The second kappa shape index (κ2) is 7.76. The molecule has 1 saturated heterocycles. The summed E-state index contributed by atoms with van der Waals surface area (Å²) in [5, 5.41) is 11.9. The largest absolute Gasteiger partial charge is 0.491 e. The number of ether oxygens (including phenoxy) is 1. The number of hydrogen-bond donors (Lipinski definition) is 2. The Morgan fingerprint density at radius 3 is 2.48 bits per heavy atom. The lowest BCUT2D eigenvalue weighted by atomic mass is 9.87. The van der Waals surface area contributed by atoms with Gasteiger partial charge in [0.2, 0.25) is 0 Å². The normalized spacial score (nSPS) is 18.7. The van der Waals surface area contributed by atoms with Crippen LogP contribution in [0.25, 0.3) is 0 Å². The molecule has 1 aliphatic rings. The van der Waals surface area contributed by atoms with E-state index < -0.39 is 11.9 Å². The minimum atomic E-state index is -0.842. The highest BCUT2D eigenvalue weighted by molar-refractivity contribution is 5.77. The zero-order valence-corrected chi connectivity index (χ0v) is 15.4. The number of rotatable bonds is 5. The van der Waals surface area contributed by atoms with Crippen LogP contribution in [-0.2, 0) is 10.2 Å². The highest BCUT2D eigenvalue weighted by Crippen LogP contribution is 2.24. The Morgan fingerprint density at radius 2 is 1.96 bits per heavy atom. The number of carbonyl (C=O) groups excluding carboxylic acids is 1. The molecule has 6 nitrogen and oxygen atoms in total. The summed E-state index contributed by atoms with van der Waals surface area (Å²) in [4.78, 5) is 24.7. The standard InChI is InChI=1S/C19H28N2O4/c1-13(20-18(24)21-10-9-14(11-21)17(22)23)12-25-16-7-5-15(6-8-16)19(2,3)4/h5-8,13-14H,9-12H2,1-4H3,(H,20,24)(H,22,23). The van der Waals surface area contributed by atoms with Gasteiger partial charge in [0.1, 0.15) is 12.4 Å². The maximum absolute atomic E-state index is 12.2. The van der Waals surface area contributed by atoms with Crippen LogP contribution in [0.4, 0.5) is 4.79 Å². The molecule has 2 rings (SSSR count). The van der Waals surface area contributed by atoms with Crippen LogP contribution >= 0.6 is 0 Å². The average molecular weight is 348 g/mol. The molecule has 1 aromatic carbocycles. The van der Waals surface area contributed by atoms with E-state index in [4.69, 9.17) is 9.84 Å². The van der Waals surface area contributed by atoms with Crippen LogP contribution < -0.4 is 10.1 Å². The molecule has 138 valence electrons. The molecule has 0 aliphatic carbocycles. The van der Waals surface area contributed by atoms with Gasteiger partial charge in [-0.15, -0.1) is 0 Å². The fourth-order valence-corrected chi connectivity index (χ4v) is 2.76. The van der Waals surface area contributed by atoms with Crippen molar-refractivity contribution in [3.8, 4) is 5.75 Å². The summed E-state index contributed by atoms with van der Waals surface area (Å²) >= 11 is 0. The highest BCUT2D eigenvalue weighted by atomic mass is 16.5. The molecule has 2 N–H and O–H groups in total. The third kappa shape index (κ3) is 5.37. The Morgan fingerprint density at radius 1 is 1.32 bits per heavy atom. The number of aliphatic carboxylic acids is 1. The van der Waals surface area contributed by atoms with E-state index >= 15 is 0 Å². The number of carboxylic acids is 1. The first-order valence-electron chi connectivity index (χ1n) is 8.68. The molecule has 0 spiro atoms. The summed E-state index contributed by atoms with van der Waals surface area (Å²) in [6.45, 7) is 9.45. The van der Waals surface area contributed by atoms with Crippen molar-refractivity contribution in [1.82, 2.24) is 10.2 Å². The van der Waals surface area contributed by atoms with E-state index in [2.05, 4.69) is 38.2 Å². The van der Waals surface area contributed by atoms with E-state index in [0.717, 1.165) is 5.75 Å². The van der Waals surface area contributed by atoms with Crippen molar-refractivity contribution < 1.29 is 19.4 Å². The third-order valence-corrected chi connectivity index (χ3v) is 4.41. The number of amides is 2. The fourth-order valence-electron chi connectivity index (χ4n) is 2.76. The van der Waals surface area contributed by atoms with Crippen LogP contribution in [-0.4, -0.2) is 47.7 Å². The van der Waals surface area contributed by atoms with Crippen molar-refractivity contribution in [3.05, 3.63) is 29.8 Å². The molecule has 2 unspecified atom stereocenters. The predicted molar refractivity (Wildman–Crippen MR) is 95.9 cm³/mol. The summed E-state index contributed by atoms with van der Waals surface area (Å²) in [6, 6.07) is 7.57. The van der Waals surface area contributed by atoms with Crippen molar-refractivity contribution in [3.63, 3.8) is 0 Å². The minimum Gasteiger partial charge on any atom is -0.491 e. The summed E-state index contributed by atoms with van der Waals surface area (Å²) in [5.74, 6) is -0.537. The van der Waals surface area contributed by atoms with Crippen molar-refractivity contribution in [1.29, 1.82) is 0 Å². The van der Waals surface area contributed by atoms with Gasteiger partial charge in [0.25, 0.3) is 0 Å². The summed E-state index contributed by atoms with van der Waals surface area (Å²) in [6.07, 6.45) is 0.508. The number of carbonyl (C=O) groups is 2. The Bertz CT molecular complexity index is 607. The highest BCUT2D eigenvalue weighted by Gasteiger charge is 2.31. The second-order valence-corrected chi connectivity index (χ2v) is 7.71. The number of carboxylic acid groups (broad SMARTS) is 1. The van der Waals surface area contributed by atoms with Gasteiger partial charge in [-0.25, -0.2) is 4.79 Å². The van der Waals surface area contributed by atoms with Crippen molar-refractivity contribution in [2.75, 3.05) is 19.7 Å². The molecular weight excluding hydrogens is 320 g/mol. The zero-order valence-electron chi connectivity index (χ0n) is 15.4. The Labute approximate surface area is 149 Å². The first kappa shape index (κ1) is 19.1. The molecule has 1 fully saturated rings. The number of benzene rings is 1. The Hall–Kier alpha value is -2.24. The molecule has 25 heavy (non-hydrogen) atoms. The minimum absolute atomic E-state index is 0.101. The monoisotopic (exact) mass is 348 g/mol. The number of likely N-dealkylation sites (tertiary alicyclic amines) is 1. The van der Waals surface area contributed by atoms with Gasteiger partial charge < -0.3 is 20.1 Å². The summed E-state index contributed by atoms with van der Waals surface area (Å²) in [5.41, 5.74) is 1.34. The maximum Gasteiger partial charge on any atom is 0.317 e. The molecule has 0 bridgehead atoms. The average Bonchev–Trinajstić information content (AvgIpc) is 3.03. The van der Waals surface area contributed by atoms with E-state index in [0.29, 0.717) is 19.6 Å². The zero-order chi connectivity index (χ0) is 18.6. The molecule has 1 heterocycles. The molecule has 0 radical (unpaired) electrons. The SMILES string of the molecule is CC(COc1ccc(C(C)(C)C)cc1)NC(=O)N1CCC(C(=O)O)C1. The second-order valence-electron chi connectivity index (χ2n) is 7.71. The van der Waals surface area contributed by atoms with Crippen molar-refractivity contribution in [2.24, 2.45) is 5.92 Å². The van der Waals surface area contributed by atoms with Crippen LogP contribution in [0.1, 0.15) is 39.7 Å². The van der Waals surface area contributed by atoms with Crippen molar-refractivity contribution >= 4 is 12.0 Å². The quantitative estimate of drug-likeness (QED) is 0.857. The van der Waals surface area contributed by atoms with E-state index in [1.54, 1.807) is 4.90 Å². The lowest BCUT2D eigenvalue weighted by molar-refractivity contribution is -0.141. The van der Waals surface area contributed by atoms with Gasteiger partial charge in [-0.1, -0.05) is 32.9 Å². The molecule has 0 saturated carbocycles. The smallest absolute Gasteiger partial charge is 0.317 e. The number of nitrogens with one attached hydrogen (secondary N) is 1. The first-order chi connectivity index (χ1) is 11.7. The topological polar surface area (TPSA) is 78.9 Å². The molecule has 0 aromatic heterocycles. The lowest BCUT2D eigenvalue weighted by Crippen LogP contribution is -2.45. The van der Waals surface area contributed by atoms with Crippen LogP contribution in [0.15, 0.2) is 24.3 Å². The van der Waals surface area contributed by atoms with Crippen LogP contribution in [0.2, 0.25) is 0 Å². The maximum atomic E-state index is 12.2. The molecule has 1 aliphatic heterocycles. The van der Waals surface area contributed by atoms with Gasteiger partial charge in [-0.2, -0.15) is 0 Å². The van der Waals surface area contributed by atoms with Gasteiger partial charge >= 0.3 is 12.0 Å². The van der Waals surface area contributed by atoms with Gasteiger partial charge in [-0.05, 0) is 36.5 Å². The number of urea groups is 1. The molecular formula is C19H28N2O4. The third-order valence-electron chi connectivity index (χ3n) is 4.41. The molecule has 6 heteroatoms. The molecule has 2 amide bonds. The van der Waals surface area contributed by atoms with Crippen LogP contribution in [0.3, 0.4) is 0 Å². The fraction of sp³-hybridized carbons (Fsp3) is 0.579. The van der Waals surface area contributed by atoms with Crippen LogP contribution in [0.5, 0.6) is 5.75 Å². The van der Waals surface area contributed by atoms with Crippen molar-refractivity contribution in [2.45, 2.75) is 45.6 Å². The predicted octanol–water partition coefficient (Wildman–Crippen LogP) is 2.87. The molecule has 2 atom stereocenters. The van der Waals surface area contributed by atoms with E-state index in [9.17, 15) is 9.59 Å². The van der Waals surface area contributed by atoms with Crippen LogP contribution in [0, 0.1) is 5.92 Å². The van der Waals surface area contributed by atoms with Gasteiger partial charge in [0, 0.05) is 13.1 Å². The summed E-state index contributed by atoms with van der Waals surface area (Å²) < 4.78 is 5.73. The van der Waals surface area contributed by atoms with E-state index in [1.807, 2.05) is 19.1 Å². The van der Waals surface area contributed by atoms with Gasteiger partial charge in [0.05, 0.1) is 12.0 Å². The number of nitrogens with zero attached hydrogens (tertiary/aromatic N) is 1. The Balaban J connectivity index is 1.78. The van der Waals surface area contributed by atoms with E-state index in [-0.39, 0.29) is 24.0 Å². The summed E-state index contributed by atoms with van der Waals surface area (Å²) in [7, 11) is 0. The number of hydrogen-bond acceptors (Lipinski definition) is 3. The Kier molecular flexibility index (Phi) is 5.93. The first-order valence-corrected chi connectivity index (χ1v) is 8.68. The van der Waals surface area contributed by atoms with Gasteiger partial charge in [0.15, 0.2) is 0 Å². The lowest BCUT2D eigenvalue weighted by Gasteiger charge is -2.21.